The fourth-order valence-corrected chi connectivity index (χ4v) is 1.38. The summed E-state index contributed by atoms with van der Waals surface area (Å²) in [5, 5.41) is 8.46. The highest BCUT2D eigenvalue weighted by Crippen LogP contribution is 2.21. The van der Waals surface area contributed by atoms with Crippen LogP contribution in [0.1, 0.15) is 12.8 Å². The van der Waals surface area contributed by atoms with Gasteiger partial charge in [-0.1, -0.05) is 6.58 Å². The normalized spacial score (nSPS) is 23.8. The van der Waals surface area contributed by atoms with E-state index in [1.165, 1.54) is 0 Å². The van der Waals surface area contributed by atoms with Gasteiger partial charge in [-0.05, 0) is 12.8 Å². The van der Waals surface area contributed by atoms with Crippen LogP contribution in [0.2, 0.25) is 0 Å². The standard InChI is InChI=1S/C10H14O6/c1-2-14-9(12)7-3-4-8(16-7)10(13)15-6-5-11/h2,7-8,11H,1,3-6H2/t7-,8+/m1/s1. The van der Waals surface area contributed by atoms with Crippen molar-refractivity contribution in [1.82, 2.24) is 0 Å². The van der Waals surface area contributed by atoms with Crippen molar-refractivity contribution in [2.75, 3.05) is 13.2 Å². The largest absolute Gasteiger partial charge is 0.461 e. The monoisotopic (exact) mass is 230 g/mol. The number of hydrogen-bond donors (Lipinski definition) is 1. The molecule has 6 heteroatoms. The number of esters is 2. The van der Waals surface area contributed by atoms with Gasteiger partial charge in [0.05, 0.1) is 12.9 Å². The minimum Gasteiger partial charge on any atom is -0.461 e. The van der Waals surface area contributed by atoms with Crippen LogP contribution in [0.25, 0.3) is 0 Å². The Hall–Kier alpha value is -1.40. The molecular weight excluding hydrogens is 216 g/mol. The van der Waals surface area contributed by atoms with Gasteiger partial charge in [0.2, 0.25) is 0 Å². The summed E-state index contributed by atoms with van der Waals surface area (Å²) in [6, 6.07) is 0. The van der Waals surface area contributed by atoms with Crippen LogP contribution in [-0.2, 0) is 23.8 Å². The van der Waals surface area contributed by atoms with E-state index in [0.717, 1.165) is 6.26 Å². The zero-order chi connectivity index (χ0) is 12.0. The maximum atomic E-state index is 11.3. The Morgan fingerprint density at radius 3 is 2.56 bits per heavy atom. The molecule has 6 nitrogen and oxygen atoms in total. The van der Waals surface area contributed by atoms with Gasteiger partial charge in [-0.15, -0.1) is 0 Å². The number of aliphatic hydroxyl groups excluding tert-OH is 1. The molecule has 2 atom stereocenters. The van der Waals surface area contributed by atoms with Gasteiger partial charge in [0.1, 0.15) is 6.61 Å². The lowest BCUT2D eigenvalue weighted by molar-refractivity contribution is -0.162. The van der Waals surface area contributed by atoms with Gasteiger partial charge in [0, 0.05) is 0 Å². The summed E-state index contributed by atoms with van der Waals surface area (Å²) in [5.74, 6) is -1.13. The fraction of sp³-hybridized carbons (Fsp3) is 0.600. The van der Waals surface area contributed by atoms with E-state index in [-0.39, 0.29) is 13.2 Å². The molecular formula is C10H14O6. The lowest BCUT2D eigenvalue weighted by Gasteiger charge is -2.11. The molecule has 1 heterocycles. The van der Waals surface area contributed by atoms with Crippen LogP contribution >= 0.6 is 0 Å². The van der Waals surface area contributed by atoms with Crippen LogP contribution < -0.4 is 0 Å². The lowest BCUT2D eigenvalue weighted by atomic mass is 10.2. The molecule has 1 rings (SSSR count). The summed E-state index contributed by atoms with van der Waals surface area (Å²) >= 11 is 0. The predicted octanol–water partition coefficient (Wildman–Crippen LogP) is -0.244. The third-order valence-corrected chi connectivity index (χ3v) is 2.08. The summed E-state index contributed by atoms with van der Waals surface area (Å²) in [6.07, 6.45) is 0.328. The fourth-order valence-electron chi connectivity index (χ4n) is 1.38. The van der Waals surface area contributed by atoms with Crippen molar-refractivity contribution in [3.8, 4) is 0 Å². The van der Waals surface area contributed by atoms with E-state index in [4.69, 9.17) is 9.84 Å². The minimum atomic E-state index is -0.756. The number of ether oxygens (including phenoxy) is 3. The van der Waals surface area contributed by atoms with Gasteiger partial charge < -0.3 is 19.3 Å². The molecule has 0 spiro atoms. The molecule has 1 saturated heterocycles. The van der Waals surface area contributed by atoms with Gasteiger partial charge >= 0.3 is 11.9 Å². The van der Waals surface area contributed by atoms with Crippen molar-refractivity contribution < 1.29 is 28.9 Å². The van der Waals surface area contributed by atoms with Crippen molar-refractivity contribution in [1.29, 1.82) is 0 Å². The Morgan fingerprint density at radius 1 is 1.38 bits per heavy atom. The van der Waals surface area contributed by atoms with Gasteiger partial charge in [-0.25, -0.2) is 9.59 Å². The van der Waals surface area contributed by atoms with Gasteiger partial charge in [0.25, 0.3) is 0 Å². The molecule has 0 saturated carbocycles. The van der Waals surface area contributed by atoms with E-state index >= 15 is 0 Å². The predicted molar refractivity (Wildman–Crippen MR) is 52.2 cm³/mol. The summed E-state index contributed by atoms with van der Waals surface area (Å²) in [6.45, 7) is 2.94. The second-order valence-electron chi connectivity index (χ2n) is 3.19. The highest BCUT2D eigenvalue weighted by molar-refractivity contribution is 5.79. The number of aliphatic hydroxyl groups is 1. The maximum Gasteiger partial charge on any atom is 0.340 e. The first-order valence-electron chi connectivity index (χ1n) is 4.93. The molecule has 0 bridgehead atoms. The molecule has 0 aliphatic carbocycles. The van der Waals surface area contributed by atoms with Crippen LogP contribution in [0.15, 0.2) is 12.8 Å². The quantitative estimate of drug-likeness (QED) is 0.518. The Labute approximate surface area is 92.8 Å². The molecule has 0 aromatic carbocycles. The molecule has 1 aliphatic heterocycles. The zero-order valence-corrected chi connectivity index (χ0v) is 8.76. The Kier molecular flexibility index (Phi) is 4.94. The average Bonchev–Trinajstić information content (AvgIpc) is 2.75. The van der Waals surface area contributed by atoms with Crippen LogP contribution in [0, 0.1) is 0 Å². The van der Waals surface area contributed by atoms with Crippen LogP contribution in [0.3, 0.4) is 0 Å². The minimum absolute atomic E-state index is 0.0690. The second kappa shape index (κ2) is 6.24. The van der Waals surface area contributed by atoms with Crippen molar-refractivity contribution in [3.05, 3.63) is 12.8 Å². The van der Waals surface area contributed by atoms with E-state index < -0.39 is 24.1 Å². The lowest BCUT2D eigenvalue weighted by Crippen LogP contribution is -2.28. The number of carbonyl (C=O) groups excluding carboxylic acids is 2. The summed E-state index contributed by atoms with van der Waals surface area (Å²) < 4.78 is 14.4. The maximum absolute atomic E-state index is 11.3. The SMILES string of the molecule is C=COC(=O)[C@H]1CC[C@@H](C(=O)OCCO)O1. The zero-order valence-electron chi connectivity index (χ0n) is 8.76. The topological polar surface area (TPSA) is 82.1 Å². The number of hydrogen-bond acceptors (Lipinski definition) is 6. The molecule has 0 unspecified atom stereocenters. The molecule has 1 N–H and O–H groups in total. The second-order valence-corrected chi connectivity index (χ2v) is 3.19. The molecule has 0 amide bonds. The van der Waals surface area contributed by atoms with Gasteiger partial charge in [0.15, 0.2) is 12.2 Å². The highest BCUT2D eigenvalue weighted by atomic mass is 16.6. The van der Waals surface area contributed by atoms with Crippen molar-refractivity contribution in [3.63, 3.8) is 0 Å². The highest BCUT2D eigenvalue weighted by Gasteiger charge is 2.36. The molecule has 0 radical (unpaired) electrons. The number of rotatable bonds is 5. The van der Waals surface area contributed by atoms with Crippen LogP contribution in [0.5, 0.6) is 0 Å². The molecule has 16 heavy (non-hydrogen) atoms. The molecule has 1 aliphatic rings. The molecule has 90 valence electrons. The van der Waals surface area contributed by atoms with Crippen molar-refractivity contribution in [2.24, 2.45) is 0 Å². The summed E-state index contributed by atoms with van der Waals surface area (Å²) in [7, 11) is 0. The van der Waals surface area contributed by atoms with Crippen LogP contribution in [-0.4, -0.2) is 42.5 Å². The average molecular weight is 230 g/mol. The van der Waals surface area contributed by atoms with E-state index in [9.17, 15) is 9.59 Å². The Morgan fingerprint density at radius 2 is 2.00 bits per heavy atom. The van der Waals surface area contributed by atoms with E-state index in [1.807, 2.05) is 0 Å². The Balaban J connectivity index is 2.36. The first-order valence-corrected chi connectivity index (χ1v) is 4.93. The third-order valence-electron chi connectivity index (χ3n) is 2.08. The van der Waals surface area contributed by atoms with Gasteiger partial charge in [-0.3, -0.25) is 0 Å². The Bertz CT molecular complexity index is 274. The first kappa shape index (κ1) is 12.7. The van der Waals surface area contributed by atoms with E-state index in [2.05, 4.69) is 16.1 Å². The van der Waals surface area contributed by atoms with E-state index in [0.29, 0.717) is 12.8 Å². The van der Waals surface area contributed by atoms with Crippen LogP contribution in [0.4, 0.5) is 0 Å². The summed E-state index contributed by atoms with van der Waals surface area (Å²) in [5.41, 5.74) is 0. The smallest absolute Gasteiger partial charge is 0.340 e. The molecule has 0 aromatic rings. The number of carbonyl (C=O) groups is 2. The summed E-state index contributed by atoms with van der Waals surface area (Å²) in [4.78, 5) is 22.5. The van der Waals surface area contributed by atoms with Gasteiger partial charge in [-0.2, -0.15) is 0 Å². The van der Waals surface area contributed by atoms with Crippen molar-refractivity contribution in [2.45, 2.75) is 25.0 Å². The third kappa shape index (κ3) is 3.32. The molecule has 0 aromatic heterocycles. The van der Waals surface area contributed by atoms with Crippen molar-refractivity contribution >= 4 is 11.9 Å². The molecule has 1 fully saturated rings. The van der Waals surface area contributed by atoms with E-state index in [1.54, 1.807) is 0 Å². The first-order chi connectivity index (χ1) is 7.69.